The molecule has 1 fully saturated rings. The topological polar surface area (TPSA) is 41.1 Å². The van der Waals surface area contributed by atoms with Crippen LogP contribution in [0, 0.1) is 0 Å². The van der Waals surface area contributed by atoms with Crippen LogP contribution in [0.25, 0.3) is 0 Å². The second-order valence-electron chi connectivity index (χ2n) is 4.89. The molecule has 1 saturated heterocycles. The van der Waals surface area contributed by atoms with Gasteiger partial charge in [-0.3, -0.25) is 14.9 Å². The van der Waals surface area contributed by atoms with Crippen LogP contribution in [-0.4, -0.2) is 41.0 Å². The highest BCUT2D eigenvalue weighted by Crippen LogP contribution is 2.17. The van der Waals surface area contributed by atoms with Crippen molar-refractivity contribution in [1.82, 2.24) is 20.2 Å². The number of halogens is 1. The molecule has 18 heavy (non-hydrogen) atoms. The summed E-state index contributed by atoms with van der Waals surface area (Å²) in [7, 11) is 2.16. The fourth-order valence-electron chi connectivity index (χ4n) is 2.34. The van der Waals surface area contributed by atoms with Gasteiger partial charge in [0.25, 0.3) is 0 Å². The third-order valence-corrected chi connectivity index (χ3v) is 3.59. The predicted molar refractivity (Wildman–Crippen MR) is 76.0 cm³/mol. The van der Waals surface area contributed by atoms with Gasteiger partial charge < -0.3 is 5.32 Å². The zero-order chi connectivity index (χ0) is 12.1. The van der Waals surface area contributed by atoms with Crippen LogP contribution in [0.1, 0.15) is 37.9 Å². The van der Waals surface area contributed by atoms with Crippen molar-refractivity contribution in [3.8, 4) is 0 Å². The summed E-state index contributed by atoms with van der Waals surface area (Å²) < 4.78 is 0. The molecule has 0 aromatic carbocycles. The monoisotopic (exact) mass is 270 g/mol. The van der Waals surface area contributed by atoms with E-state index >= 15 is 0 Å². The molecule has 1 aromatic heterocycles. The van der Waals surface area contributed by atoms with Crippen LogP contribution in [0.5, 0.6) is 0 Å². The standard InChI is InChI=1S/C13H22N4.ClH/c1-11(13-9-14-7-8-16-13)17(2)10-12-5-3-4-6-15-12;/h7-9,11-12,15H,3-6,10H2,1-2H3;1H. The molecular formula is C13H23ClN4. The second kappa shape index (κ2) is 7.67. The van der Waals surface area contributed by atoms with E-state index in [1.54, 1.807) is 12.4 Å². The first kappa shape index (κ1) is 15.3. The second-order valence-corrected chi connectivity index (χ2v) is 4.89. The highest BCUT2D eigenvalue weighted by Gasteiger charge is 2.19. The molecule has 102 valence electrons. The molecular weight excluding hydrogens is 248 g/mol. The Labute approximate surface area is 116 Å². The third-order valence-electron chi connectivity index (χ3n) is 3.59. The van der Waals surface area contributed by atoms with Crippen LogP contribution in [0.15, 0.2) is 18.6 Å². The first-order valence-electron chi connectivity index (χ1n) is 6.47. The number of hydrogen-bond acceptors (Lipinski definition) is 4. The van der Waals surface area contributed by atoms with Gasteiger partial charge in [-0.1, -0.05) is 6.42 Å². The van der Waals surface area contributed by atoms with Crippen LogP contribution in [0.4, 0.5) is 0 Å². The van der Waals surface area contributed by atoms with Crippen molar-refractivity contribution in [2.75, 3.05) is 20.1 Å². The van der Waals surface area contributed by atoms with Crippen molar-refractivity contribution in [1.29, 1.82) is 0 Å². The highest BCUT2D eigenvalue weighted by atomic mass is 35.5. The zero-order valence-electron chi connectivity index (χ0n) is 11.2. The Hall–Kier alpha value is -0.710. The average molecular weight is 271 g/mol. The van der Waals surface area contributed by atoms with Crippen molar-refractivity contribution in [3.63, 3.8) is 0 Å². The van der Waals surface area contributed by atoms with E-state index in [2.05, 4.69) is 34.2 Å². The van der Waals surface area contributed by atoms with Crippen molar-refractivity contribution in [2.24, 2.45) is 0 Å². The summed E-state index contributed by atoms with van der Waals surface area (Å²) in [6.07, 6.45) is 9.30. The highest BCUT2D eigenvalue weighted by molar-refractivity contribution is 5.85. The molecule has 2 unspecified atom stereocenters. The van der Waals surface area contributed by atoms with Crippen LogP contribution >= 0.6 is 12.4 Å². The average Bonchev–Trinajstić information content (AvgIpc) is 2.40. The normalized spacial score (nSPS) is 21.4. The fourth-order valence-corrected chi connectivity index (χ4v) is 2.34. The molecule has 2 atom stereocenters. The molecule has 0 radical (unpaired) electrons. The predicted octanol–water partition coefficient (Wildman–Crippen LogP) is 2.03. The van der Waals surface area contributed by atoms with Crippen LogP contribution in [-0.2, 0) is 0 Å². The fraction of sp³-hybridized carbons (Fsp3) is 0.692. The minimum Gasteiger partial charge on any atom is -0.313 e. The summed E-state index contributed by atoms with van der Waals surface area (Å²) in [5.74, 6) is 0. The summed E-state index contributed by atoms with van der Waals surface area (Å²) in [5.41, 5.74) is 1.05. The van der Waals surface area contributed by atoms with Gasteiger partial charge in [0.1, 0.15) is 0 Å². The Bertz CT molecular complexity index is 327. The van der Waals surface area contributed by atoms with Gasteiger partial charge in [0.15, 0.2) is 0 Å². The molecule has 4 nitrogen and oxygen atoms in total. The van der Waals surface area contributed by atoms with Gasteiger partial charge in [-0.25, -0.2) is 0 Å². The van der Waals surface area contributed by atoms with Gasteiger partial charge in [-0.15, -0.1) is 12.4 Å². The number of piperidine rings is 1. The number of nitrogens with zero attached hydrogens (tertiary/aromatic N) is 3. The van der Waals surface area contributed by atoms with Gasteiger partial charge in [0.05, 0.1) is 11.7 Å². The maximum absolute atomic E-state index is 4.37. The maximum Gasteiger partial charge on any atom is 0.0755 e. The molecule has 0 bridgehead atoms. The summed E-state index contributed by atoms with van der Waals surface area (Å²) in [5, 5.41) is 3.58. The molecule has 1 N–H and O–H groups in total. The molecule has 5 heteroatoms. The lowest BCUT2D eigenvalue weighted by Gasteiger charge is -2.31. The molecule has 2 heterocycles. The van der Waals surface area contributed by atoms with E-state index in [0.29, 0.717) is 12.1 Å². The summed E-state index contributed by atoms with van der Waals surface area (Å²) in [6, 6.07) is 0.959. The Kier molecular flexibility index (Phi) is 6.54. The Morgan fingerprint density at radius 2 is 2.28 bits per heavy atom. The molecule has 0 saturated carbocycles. The van der Waals surface area contributed by atoms with E-state index in [-0.39, 0.29) is 12.4 Å². The Morgan fingerprint density at radius 3 is 2.89 bits per heavy atom. The SMILES string of the molecule is CC(c1cnccn1)N(C)CC1CCCCN1.Cl. The molecule has 0 aliphatic carbocycles. The van der Waals surface area contributed by atoms with Gasteiger partial charge in [0.2, 0.25) is 0 Å². The first-order chi connectivity index (χ1) is 8.27. The number of hydrogen-bond donors (Lipinski definition) is 1. The maximum atomic E-state index is 4.37. The smallest absolute Gasteiger partial charge is 0.0755 e. The summed E-state index contributed by atoms with van der Waals surface area (Å²) >= 11 is 0. The van der Waals surface area contributed by atoms with Crippen molar-refractivity contribution < 1.29 is 0 Å². The Balaban J connectivity index is 0.00000162. The first-order valence-corrected chi connectivity index (χ1v) is 6.47. The largest absolute Gasteiger partial charge is 0.313 e. The molecule has 0 amide bonds. The molecule has 2 rings (SSSR count). The van der Waals surface area contributed by atoms with E-state index in [1.165, 1.54) is 19.3 Å². The quantitative estimate of drug-likeness (QED) is 0.909. The molecule has 1 aliphatic heterocycles. The van der Waals surface area contributed by atoms with Crippen molar-refractivity contribution >= 4 is 12.4 Å². The lowest BCUT2D eigenvalue weighted by molar-refractivity contribution is 0.211. The van der Waals surface area contributed by atoms with Crippen LogP contribution in [0.2, 0.25) is 0 Å². The van der Waals surface area contributed by atoms with E-state index in [1.807, 2.05) is 6.20 Å². The summed E-state index contributed by atoms with van der Waals surface area (Å²) in [6.45, 7) is 4.43. The van der Waals surface area contributed by atoms with Crippen LogP contribution < -0.4 is 5.32 Å². The minimum absolute atomic E-state index is 0. The number of aromatic nitrogens is 2. The number of rotatable bonds is 4. The molecule has 1 aromatic rings. The minimum atomic E-state index is 0. The van der Waals surface area contributed by atoms with Gasteiger partial charge in [0, 0.05) is 31.2 Å². The summed E-state index contributed by atoms with van der Waals surface area (Å²) in [4.78, 5) is 10.9. The van der Waals surface area contributed by atoms with E-state index < -0.39 is 0 Å². The number of nitrogens with one attached hydrogen (secondary N) is 1. The van der Waals surface area contributed by atoms with Gasteiger partial charge in [-0.2, -0.15) is 0 Å². The Morgan fingerprint density at radius 1 is 1.44 bits per heavy atom. The van der Waals surface area contributed by atoms with Gasteiger partial charge in [-0.05, 0) is 33.4 Å². The lowest BCUT2D eigenvalue weighted by Crippen LogP contribution is -2.43. The van der Waals surface area contributed by atoms with Crippen molar-refractivity contribution in [3.05, 3.63) is 24.3 Å². The van der Waals surface area contributed by atoms with Crippen molar-refractivity contribution in [2.45, 2.75) is 38.3 Å². The molecule has 1 aliphatic rings. The lowest BCUT2D eigenvalue weighted by atomic mass is 10.0. The van der Waals surface area contributed by atoms with E-state index in [0.717, 1.165) is 18.8 Å². The van der Waals surface area contributed by atoms with Crippen LogP contribution in [0.3, 0.4) is 0 Å². The number of likely N-dealkylation sites (N-methyl/N-ethyl adjacent to an activating group) is 1. The molecule has 0 spiro atoms. The third kappa shape index (κ3) is 4.19. The van der Waals surface area contributed by atoms with Gasteiger partial charge >= 0.3 is 0 Å². The zero-order valence-corrected chi connectivity index (χ0v) is 12.0. The van der Waals surface area contributed by atoms with E-state index in [4.69, 9.17) is 0 Å². The van der Waals surface area contributed by atoms with E-state index in [9.17, 15) is 0 Å².